The van der Waals surface area contributed by atoms with Crippen molar-refractivity contribution in [2.24, 2.45) is 0 Å². The van der Waals surface area contributed by atoms with Gasteiger partial charge in [0, 0.05) is 42.9 Å². The monoisotopic (exact) mass is 255 g/mol. The Morgan fingerprint density at radius 2 is 2.00 bits per heavy atom. The molecule has 1 N–H and O–H groups in total. The van der Waals surface area contributed by atoms with Gasteiger partial charge in [-0.2, -0.15) is 0 Å². The minimum Gasteiger partial charge on any atom is -0.368 e. The molecular weight excluding hydrogens is 234 g/mol. The fourth-order valence-corrected chi connectivity index (χ4v) is 2.77. The molecule has 0 aliphatic carbocycles. The summed E-state index contributed by atoms with van der Waals surface area (Å²) in [6.07, 6.45) is 1.07. The summed E-state index contributed by atoms with van der Waals surface area (Å²) in [6.45, 7) is 8.57. The van der Waals surface area contributed by atoms with Crippen molar-refractivity contribution in [2.45, 2.75) is 20.3 Å². The van der Waals surface area contributed by atoms with E-state index in [1.165, 1.54) is 16.6 Å². The van der Waals surface area contributed by atoms with Crippen molar-refractivity contribution < 1.29 is 0 Å². The van der Waals surface area contributed by atoms with Crippen molar-refractivity contribution in [1.29, 1.82) is 0 Å². The number of hydrogen-bond acceptors (Lipinski definition) is 3. The van der Waals surface area contributed by atoms with Gasteiger partial charge in [-0.25, -0.2) is 0 Å². The molecule has 0 radical (unpaired) electrons. The van der Waals surface area contributed by atoms with Crippen molar-refractivity contribution >= 4 is 16.6 Å². The van der Waals surface area contributed by atoms with E-state index in [1.54, 1.807) is 0 Å². The number of fused-ring (bicyclic) bond motifs is 1. The van der Waals surface area contributed by atoms with Gasteiger partial charge in [0.05, 0.1) is 5.52 Å². The van der Waals surface area contributed by atoms with E-state index < -0.39 is 0 Å². The first-order valence-corrected chi connectivity index (χ1v) is 7.14. The van der Waals surface area contributed by atoms with Crippen LogP contribution >= 0.6 is 0 Å². The summed E-state index contributed by atoms with van der Waals surface area (Å²) in [7, 11) is 0. The summed E-state index contributed by atoms with van der Waals surface area (Å²) in [6, 6.07) is 8.88. The van der Waals surface area contributed by atoms with Gasteiger partial charge < -0.3 is 10.2 Å². The van der Waals surface area contributed by atoms with Gasteiger partial charge >= 0.3 is 0 Å². The van der Waals surface area contributed by atoms with Gasteiger partial charge in [-0.05, 0) is 37.1 Å². The largest absolute Gasteiger partial charge is 0.368 e. The Morgan fingerprint density at radius 1 is 1.21 bits per heavy atom. The SMILES string of the molecule is CCc1ccc2nc(C)cc(N3CCNCC3)c2c1. The lowest BCUT2D eigenvalue weighted by Gasteiger charge is -2.30. The number of nitrogens with one attached hydrogen (secondary N) is 1. The Hall–Kier alpha value is -1.61. The summed E-state index contributed by atoms with van der Waals surface area (Å²) in [4.78, 5) is 7.14. The summed E-state index contributed by atoms with van der Waals surface area (Å²) in [5.74, 6) is 0. The minimum atomic E-state index is 1.07. The highest BCUT2D eigenvalue weighted by atomic mass is 15.2. The summed E-state index contributed by atoms with van der Waals surface area (Å²) in [5, 5.41) is 4.71. The predicted octanol–water partition coefficient (Wildman–Crippen LogP) is 2.52. The van der Waals surface area contributed by atoms with E-state index in [-0.39, 0.29) is 0 Å². The number of anilines is 1. The highest BCUT2D eigenvalue weighted by molar-refractivity contribution is 5.92. The molecule has 1 aliphatic rings. The van der Waals surface area contributed by atoms with Crippen LogP contribution in [0.2, 0.25) is 0 Å². The lowest BCUT2D eigenvalue weighted by atomic mass is 10.1. The molecule has 1 saturated heterocycles. The molecule has 0 amide bonds. The molecule has 0 unspecified atom stereocenters. The second-order valence-electron chi connectivity index (χ2n) is 5.22. The van der Waals surface area contributed by atoms with Crippen LogP contribution in [0, 0.1) is 6.92 Å². The van der Waals surface area contributed by atoms with Crippen LogP contribution < -0.4 is 10.2 Å². The molecule has 3 heteroatoms. The zero-order chi connectivity index (χ0) is 13.2. The average Bonchev–Trinajstić information content (AvgIpc) is 2.47. The maximum Gasteiger partial charge on any atom is 0.0726 e. The molecule has 1 aromatic carbocycles. The number of benzene rings is 1. The third kappa shape index (κ3) is 2.43. The molecule has 100 valence electrons. The molecule has 19 heavy (non-hydrogen) atoms. The Labute approximate surface area is 114 Å². The smallest absolute Gasteiger partial charge is 0.0726 e. The maximum atomic E-state index is 4.66. The summed E-state index contributed by atoms with van der Waals surface area (Å²) >= 11 is 0. The minimum absolute atomic E-state index is 1.07. The molecule has 0 bridgehead atoms. The fourth-order valence-electron chi connectivity index (χ4n) is 2.77. The van der Waals surface area contributed by atoms with Gasteiger partial charge in [0.15, 0.2) is 0 Å². The van der Waals surface area contributed by atoms with Crippen LogP contribution in [0.25, 0.3) is 10.9 Å². The third-order valence-corrected chi connectivity index (χ3v) is 3.85. The van der Waals surface area contributed by atoms with Crippen molar-refractivity contribution in [3.63, 3.8) is 0 Å². The van der Waals surface area contributed by atoms with Crippen LogP contribution in [0.5, 0.6) is 0 Å². The molecule has 0 saturated carbocycles. The second-order valence-corrected chi connectivity index (χ2v) is 5.22. The van der Waals surface area contributed by atoms with Crippen LogP contribution in [-0.2, 0) is 6.42 Å². The van der Waals surface area contributed by atoms with Crippen LogP contribution in [0.15, 0.2) is 24.3 Å². The molecule has 1 aliphatic heterocycles. The zero-order valence-electron chi connectivity index (χ0n) is 11.7. The third-order valence-electron chi connectivity index (χ3n) is 3.85. The number of hydrogen-bond donors (Lipinski definition) is 1. The van der Waals surface area contributed by atoms with Crippen molar-refractivity contribution in [3.8, 4) is 0 Å². The number of nitrogens with zero attached hydrogens (tertiary/aromatic N) is 2. The first kappa shape index (κ1) is 12.4. The van der Waals surface area contributed by atoms with Crippen LogP contribution in [-0.4, -0.2) is 31.2 Å². The Balaban J connectivity index is 2.14. The molecule has 1 fully saturated rings. The maximum absolute atomic E-state index is 4.66. The van der Waals surface area contributed by atoms with Crippen LogP contribution in [0.1, 0.15) is 18.2 Å². The lowest BCUT2D eigenvalue weighted by molar-refractivity contribution is 0.590. The molecule has 1 aromatic heterocycles. The lowest BCUT2D eigenvalue weighted by Crippen LogP contribution is -2.43. The predicted molar refractivity (Wildman–Crippen MR) is 80.9 cm³/mol. The zero-order valence-corrected chi connectivity index (χ0v) is 11.7. The standard InChI is InChI=1S/C16H21N3/c1-3-13-4-5-15-14(11-13)16(10-12(2)18-15)19-8-6-17-7-9-19/h4-5,10-11,17H,3,6-9H2,1-2H3. The van der Waals surface area contributed by atoms with E-state index >= 15 is 0 Å². The normalized spacial score (nSPS) is 16.0. The molecule has 3 rings (SSSR count). The van der Waals surface area contributed by atoms with Gasteiger partial charge in [0.25, 0.3) is 0 Å². The highest BCUT2D eigenvalue weighted by Crippen LogP contribution is 2.28. The summed E-state index contributed by atoms with van der Waals surface area (Å²) in [5.41, 5.74) is 4.95. The van der Waals surface area contributed by atoms with Gasteiger partial charge in [0.1, 0.15) is 0 Å². The van der Waals surface area contributed by atoms with Gasteiger partial charge in [0.2, 0.25) is 0 Å². The van der Waals surface area contributed by atoms with Gasteiger partial charge in [-0.3, -0.25) is 4.98 Å². The Bertz CT molecular complexity index is 586. The van der Waals surface area contributed by atoms with E-state index in [1.807, 2.05) is 0 Å². The van der Waals surface area contributed by atoms with E-state index in [2.05, 4.69) is 53.3 Å². The highest BCUT2D eigenvalue weighted by Gasteiger charge is 2.14. The number of piperazine rings is 1. The molecule has 3 nitrogen and oxygen atoms in total. The van der Waals surface area contributed by atoms with Crippen molar-refractivity contribution in [2.75, 3.05) is 31.1 Å². The molecule has 0 atom stereocenters. The number of aryl methyl sites for hydroxylation is 2. The van der Waals surface area contributed by atoms with E-state index in [9.17, 15) is 0 Å². The fraction of sp³-hybridized carbons (Fsp3) is 0.438. The van der Waals surface area contributed by atoms with Gasteiger partial charge in [-0.1, -0.05) is 13.0 Å². The second kappa shape index (κ2) is 5.17. The molecule has 2 aromatic rings. The number of rotatable bonds is 2. The summed E-state index contributed by atoms with van der Waals surface area (Å²) < 4.78 is 0. The molecule has 0 spiro atoms. The molecular formula is C16H21N3. The van der Waals surface area contributed by atoms with Crippen LogP contribution in [0.4, 0.5) is 5.69 Å². The average molecular weight is 255 g/mol. The Kier molecular flexibility index (Phi) is 3.38. The van der Waals surface area contributed by atoms with Crippen LogP contribution in [0.3, 0.4) is 0 Å². The first-order chi connectivity index (χ1) is 9.28. The van der Waals surface area contributed by atoms with Gasteiger partial charge in [-0.15, -0.1) is 0 Å². The number of pyridine rings is 1. The topological polar surface area (TPSA) is 28.2 Å². The van der Waals surface area contributed by atoms with Crippen molar-refractivity contribution in [3.05, 3.63) is 35.5 Å². The molecule has 2 heterocycles. The van der Waals surface area contributed by atoms with E-state index in [0.29, 0.717) is 0 Å². The van der Waals surface area contributed by atoms with E-state index in [0.717, 1.165) is 43.8 Å². The number of aromatic nitrogens is 1. The quantitative estimate of drug-likeness (QED) is 0.893. The van der Waals surface area contributed by atoms with E-state index in [4.69, 9.17) is 0 Å². The van der Waals surface area contributed by atoms with Crippen molar-refractivity contribution in [1.82, 2.24) is 10.3 Å². The Morgan fingerprint density at radius 3 is 2.74 bits per heavy atom. The first-order valence-electron chi connectivity index (χ1n) is 7.14.